The van der Waals surface area contributed by atoms with E-state index in [0.717, 1.165) is 11.1 Å². The maximum absolute atomic E-state index is 13.1. The quantitative estimate of drug-likeness (QED) is 0.362. The molecule has 0 spiro atoms. The Balaban J connectivity index is 1.52. The van der Waals surface area contributed by atoms with Crippen LogP contribution in [0.4, 0.5) is 19.4 Å². The van der Waals surface area contributed by atoms with Crippen molar-refractivity contribution < 1.29 is 42.1 Å². The van der Waals surface area contributed by atoms with Gasteiger partial charge in [0.25, 0.3) is 11.8 Å². The number of carbonyl (C=O) groups excluding carboxylic acids is 3. The molecule has 2 amide bonds. The number of rotatable bonds is 10. The predicted octanol–water partition coefficient (Wildman–Crippen LogP) is 4.35. The summed E-state index contributed by atoms with van der Waals surface area (Å²) in [4.78, 5) is 47.6. The van der Waals surface area contributed by atoms with Gasteiger partial charge in [0.1, 0.15) is 28.9 Å². The molecule has 4 rings (SSSR count). The Hall–Kier alpha value is -4.66. The van der Waals surface area contributed by atoms with Crippen molar-refractivity contribution in [1.29, 1.82) is 0 Å². The first-order valence-electron chi connectivity index (χ1n) is 13.0. The van der Waals surface area contributed by atoms with Gasteiger partial charge in [-0.05, 0) is 46.2 Å². The average molecular weight is 589 g/mol. The number of anilines is 1. The van der Waals surface area contributed by atoms with Gasteiger partial charge in [-0.15, -0.1) is 5.10 Å². The zero-order chi connectivity index (χ0) is 30.4. The van der Waals surface area contributed by atoms with Crippen molar-refractivity contribution in [1.82, 2.24) is 24.6 Å². The number of alkyl halides is 2. The molecule has 1 N–H and O–H groups in total. The molecule has 3 heterocycles. The predicted molar refractivity (Wildman–Crippen MR) is 143 cm³/mol. The molecule has 0 aliphatic carbocycles. The Morgan fingerprint density at radius 3 is 2.43 bits per heavy atom. The number of likely N-dealkylation sites (tertiary alicyclic amines) is 1. The Morgan fingerprint density at radius 2 is 1.81 bits per heavy atom. The van der Waals surface area contributed by atoms with Crippen molar-refractivity contribution in [3.63, 3.8) is 0 Å². The van der Waals surface area contributed by atoms with Crippen molar-refractivity contribution in [2.24, 2.45) is 0 Å². The van der Waals surface area contributed by atoms with E-state index in [-0.39, 0.29) is 40.4 Å². The highest BCUT2D eigenvalue weighted by molar-refractivity contribution is 6.04. The summed E-state index contributed by atoms with van der Waals surface area (Å²) in [5.74, 6) is -0.563. The van der Waals surface area contributed by atoms with Crippen molar-refractivity contribution in [2.45, 2.75) is 52.4 Å². The van der Waals surface area contributed by atoms with E-state index in [2.05, 4.69) is 25.1 Å². The van der Waals surface area contributed by atoms with Crippen LogP contribution in [0.3, 0.4) is 0 Å². The van der Waals surface area contributed by atoms with Gasteiger partial charge < -0.3 is 29.2 Å². The molecular formula is C27H30F2N6O7. The number of hydrogen-bond donors (Lipinski definition) is 1. The SMILES string of the molecule is C[C@@H](COC(F)F)Oc1cc(Oc2cnc(C(=O)N3CCC3)cn2)cc(C(=O)Nc2ccn(C(=O)OC(C)(C)C)n2)c1. The molecule has 13 nitrogen and oxygen atoms in total. The van der Waals surface area contributed by atoms with Crippen molar-refractivity contribution >= 4 is 23.7 Å². The fourth-order valence-electron chi connectivity index (χ4n) is 3.58. The Labute approximate surface area is 239 Å². The lowest BCUT2D eigenvalue weighted by Crippen LogP contribution is -2.42. The maximum Gasteiger partial charge on any atom is 0.435 e. The van der Waals surface area contributed by atoms with Crippen LogP contribution in [0, 0.1) is 0 Å². The standard InChI is InChI=1S/C27H30F2N6O7/c1-16(15-39-25(28)29)40-18-10-17(23(36)32-21-6-9-35(33-21)26(38)42-27(2,3)4)11-19(12-18)41-22-14-30-20(13-31-22)24(37)34-7-5-8-34/h6,9-14,16,25H,5,7-8,15H2,1-4H3,(H,32,33,36)/t16-/m0/s1. The van der Waals surface area contributed by atoms with E-state index in [1.54, 1.807) is 25.7 Å². The zero-order valence-electron chi connectivity index (χ0n) is 23.4. The number of carbonyl (C=O) groups is 3. The number of aromatic nitrogens is 4. The summed E-state index contributed by atoms with van der Waals surface area (Å²) in [5.41, 5.74) is -0.526. The van der Waals surface area contributed by atoms with Crippen LogP contribution in [-0.2, 0) is 9.47 Å². The molecule has 0 saturated carbocycles. The summed E-state index contributed by atoms with van der Waals surface area (Å²) < 4.78 is 46.9. The summed E-state index contributed by atoms with van der Waals surface area (Å²) in [5, 5.41) is 6.58. The van der Waals surface area contributed by atoms with Crippen LogP contribution in [0.1, 0.15) is 55.0 Å². The van der Waals surface area contributed by atoms with Crippen LogP contribution in [0.25, 0.3) is 0 Å². The highest BCUT2D eigenvalue weighted by Gasteiger charge is 2.23. The molecule has 1 aliphatic rings. The fraction of sp³-hybridized carbons (Fsp3) is 0.407. The first kappa shape index (κ1) is 30.3. The van der Waals surface area contributed by atoms with E-state index in [4.69, 9.17) is 14.2 Å². The van der Waals surface area contributed by atoms with E-state index >= 15 is 0 Å². The van der Waals surface area contributed by atoms with Gasteiger partial charge in [-0.25, -0.2) is 14.8 Å². The number of ether oxygens (including phenoxy) is 4. The number of hydrogen-bond acceptors (Lipinski definition) is 10. The van der Waals surface area contributed by atoms with Crippen LogP contribution < -0.4 is 14.8 Å². The third kappa shape index (κ3) is 8.42. The van der Waals surface area contributed by atoms with Gasteiger partial charge in [-0.2, -0.15) is 13.5 Å². The topological polar surface area (TPSA) is 147 Å². The number of nitrogens with zero attached hydrogens (tertiary/aromatic N) is 5. The monoisotopic (exact) mass is 588 g/mol. The van der Waals surface area contributed by atoms with Gasteiger partial charge in [-0.1, -0.05) is 0 Å². The Morgan fingerprint density at radius 1 is 1.07 bits per heavy atom. The summed E-state index contributed by atoms with van der Waals surface area (Å²) in [6, 6.07) is 5.58. The van der Waals surface area contributed by atoms with Crippen LogP contribution >= 0.6 is 0 Å². The van der Waals surface area contributed by atoms with Crippen LogP contribution in [-0.4, -0.2) is 80.6 Å². The van der Waals surface area contributed by atoms with Crippen LogP contribution in [0.5, 0.6) is 17.4 Å². The molecule has 3 aromatic rings. The molecular weight excluding hydrogens is 558 g/mol. The minimum atomic E-state index is -2.97. The van der Waals surface area contributed by atoms with Gasteiger partial charge in [-0.3, -0.25) is 9.59 Å². The normalized spacial score (nSPS) is 13.7. The van der Waals surface area contributed by atoms with Crippen molar-refractivity contribution in [3.05, 3.63) is 54.1 Å². The molecule has 1 atom stereocenters. The summed E-state index contributed by atoms with van der Waals surface area (Å²) in [6.07, 6.45) is 3.29. The Kier molecular flexibility index (Phi) is 9.30. The van der Waals surface area contributed by atoms with Crippen LogP contribution in [0.2, 0.25) is 0 Å². The lowest BCUT2D eigenvalue weighted by Gasteiger charge is -2.30. The smallest absolute Gasteiger partial charge is 0.435 e. The first-order valence-corrected chi connectivity index (χ1v) is 13.0. The molecule has 0 bridgehead atoms. The highest BCUT2D eigenvalue weighted by Crippen LogP contribution is 2.28. The van der Waals surface area contributed by atoms with E-state index in [9.17, 15) is 23.2 Å². The average Bonchev–Trinajstić information content (AvgIpc) is 3.34. The molecule has 42 heavy (non-hydrogen) atoms. The third-order valence-corrected chi connectivity index (χ3v) is 5.56. The van der Waals surface area contributed by atoms with Gasteiger partial charge in [0.15, 0.2) is 5.82 Å². The zero-order valence-corrected chi connectivity index (χ0v) is 23.4. The fourth-order valence-corrected chi connectivity index (χ4v) is 3.58. The van der Waals surface area contributed by atoms with E-state index in [0.29, 0.717) is 13.1 Å². The highest BCUT2D eigenvalue weighted by atomic mass is 19.3. The van der Waals surface area contributed by atoms with Gasteiger partial charge in [0.05, 0.1) is 19.0 Å². The van der Waals surface area contributed by atoms with Crippen molar-refractivity contribution in [2.75, 3.05) is 25.0 Å². The lowest BCUT2D eigenvalue weighted by molar-refractivity contribution is -0.142. The molecule has 1 aliphatic heterocycles. The van der Waals surface area contributed by atoms with E-state index in [1.807, 2.05) is 0 Å². The lowest BCUT2D eigenvalue weighted by atomic mass is 10.2. The largest absolute Gasteiger partial charge is 0.488 e. The molecule has 15 heteroatoms. The minimum absolute atomic E-state index is 0.0313. The second-order valence-electron chi connectivity index (χ2n) is 10.3. The molecule has 1 fully saturated rings. The number of nitrogens with one attached hydrogen (secondary N) is 1. The summed E-state index contributed by atoms with van der Waals surface area (Å²) in [6.45, 7) is 4.58. The number of amides is 2. The molecule has 0 radical (unpaired) electrons. The third-order valence-electron chi connectivity index (χ3n) is 5.56. The molecule has 1 aromatic carbocycles. The molecule has 0 unspecified atom stereocenters. The second kappa shape index (κ2) is 12.9. The first-order chi connectivity index (χ1) is 19.9. The number of halogens is 2. The van der Waals surface area contributed by atoms with E-state index in [1.165, 1.54) is 49.8 Å². The molecule has 1 saturated heterocycles. The maximum atomic E-state index is 13.1. The van der Waals surface area contributed by atoms with Crippen molar-refractivity contribution in [3.8, 4) is 17.4 Å². The molecule has 2 aromatic heterocycles. The molecule has 224 valence electrons. The van der Waals surface area contributed by atoms with Crippen LogP contribution in [0.15, 0.2) is 42.9 Å². The Bertz CT molecular complexity index is 1420. The van der Waals surface area contributed by atoms with Gasteiger partial charge in [0.2, 0.25) is 5.88 Å². The summed E-state index contributed by atoms with van der Waals surface area (Å²) >= 11 is 0. The second-order valence-corrected chi connectivity index (χ2v) is 10.3. The van der Waals surface area contributed by atoms with Gasteiger partial charge in [0, 0.05) is 37.0 Å². The van der Waals surface area contributed by atoms with Gasteiger partial charge >= 0.3 is 12.7 Å². The van der Waals surface area contributed by atoms with E-state index < -0.39 is 36.9 Å². The summed E-state index contributed by atoms with van der Waals surface area (Å²) in [7, 11) is 0. The minimum Gasteiger partial charge on any atom is -0.488 e. The number of benzene rings is 1.